The predicted molar refractivity (Wildman–Crippen MR) is 130 cm³/mol. The molecule has 1 atom stereocenters. The molecule has 0 aromatic heterocycles. The fraction of sp³-hybridized carbons (Fsp3) is 0.385. The zero-order valence-electron chi connectivity index (χ0n) is 19.5. The second-order valence-electron chi connectivity index (χ2n) is 8.67. The first-order valence-corrected chi connectivity index (χ1v) is 11.3. The molecule has 2 aromatic rings. The maximum absolute atomic E-state index is 12.5. The van der Waals surface area contributed by atoms with E-state index in [4.69, 9.17) is 15.2 Å². The van der Waals surface area contributed by atoms with Crippen LogP contribution in [0.25, 0.3) is 6.08 Å². The first-order valence-electron chi connectivity index (χ1n) is 11.3. The third-order valence-electron chi connectivity index (χ3n) is 5.46. The van der Waals surface area contributed by atoms with E-state index >= 15 is 0 Å². The topological polar surface area (TPSA) is 93.9 Å². The molecule has 0 bridgehead atoms. The van der Waals surface area contributed by atoms with Crippen molar-refractivity contribution >= 4 is 23.6 Å². The molecule has 1 saturated heterocycles. The molecule has 1 aliphatic rings. The van der Waals surface area contributed by atoms with Crippen molar-refractivity contribution in [3.63, 3.8) is 0 Å². The molecule has 0 radical (unpaired) electrons. The summed E-state index contributed by atoms with van der Waals surface area (Å²) in [6, 6.07) is 13.0. The molecule has 1 fully saturated rings. The van der Waals surface area contributed by atoms with Gasteiger partial charge in [0.1, 0.15) is 0 Å². The van der Waals surface area contributed by atoms with Crippen LogP contribution >= 0.6 is 0 Å². The van der Waals surface area contributed by atoms with Gasteiger partial charge in [-0.05, 0) is 66.8 Å². The maximum Gasteiger partial charge on any atom is 0.248 e. The van der Waals surface area contributed by atoms with Gasteiger partial charge in [-0.25, -0.2) is 0 Å². The van der Waals surface area contributed by atoms with Gasteiger partial charge in [-0.3, -0.25) is 14.5 Å². The first kappa shape index (κ1) is 24.3. The van der Waals surface area contributed by atoms with Crippen molar-refractivity contribution in [3.8, 4) is 11.5 Å². The lowest BCUT2D eigenvalue weighted by Crippen LogP contribution is -2.39. The monoisotopic (exact) mass is 451 g/mol. The summed E-state index contributed by atoms with van der Waals surface area (Å²) in [6.07, 6.45) is 4.98. The van der Waals surface area contributed by atoms with Gasteiger partial charge in [-0.2, -0.15) is 0 Å². The minimum absolute atomic E-state index is 0.217. The van der Waals surface area contributed by atoms with Crippen LogP contribution in [0.15, 0.2) is 48.5 Å². The number of hydrogen-bond donors (Lipinski definition) is 2. The molecular formula is C26H33N3O4. The molecule has 1 unspecified atom stereocenters. The summed E-state index contributed by atoms with van der Waals surface area (Å²) in [4.78, 5) is 26.2. The number of ether oxygens (including phenoxy) is 2. The van der Waals surface area contributed by atoms with Gasteiger partial charge in [0.05, 0.1) is 19.8 Å². The van der Waals surface area contributed by atoms with Gasteiger partial charge in [0.15, 0.2) is 11.5 Å². The molecule has 1 aliphatic heterocycles. The number of nitrogens with zero attached hydrogens (tertiary/aromatic N) is 1. The average Bonchev–Trinajstić information content (AvgIpc) is 3.25. The van der Waals surface area contributed by atoms with Crippen molar-refractivity contribution in [1.82, 2.24) is 4.90 Å². The van der Waals surface area contributed by atoms with Crippen LogP contribution in [0.3, 0.4) is 0 Å². The van der Waals surface area contributed by atoms with E-state index in [-0.39, 0.29) is 17.9 Å². The fourth-order valence-corrected chi connectivity index (χ4v) is 3.84. The number of anilines is 1. The van der Waals surface area contributed by atoms with Crippen molar-refractivity contribution in [2.24, 2.45) is 11.7 Å². The number of carbonyl (C=O) groups is 2. The van der Waals surface area contributed by atoms with Gasteiger partial charge in [-0.15, -0.1) is 0 Å². The third-order valence-corrected chi connectivity index (χ3v) is 5.46. The summed E-state index contributed by atoms with van der Waals surface area (Å²) in [5, 5.41) is 2.89. The minimum Gasteiger partial charge on any atom is -0.493 e. The number of methoxy groups -OCH3 is 1. The number of nitrogens with one attached hydrogen (secondary N) is 1. The molecule has 0 aliphatic carbocycles. The quantitative estimate of drug-likeness (QED) is 0.536. The van der Waals surface area contributed by atoms with Gasteiger partial charge in [0, 0.05) is 18.3 Å². The zero-order chi connectivity index (χ0) is 23.8. The van der Waals surface area contributed by atoms with Crippen LogP contribution in [0, 0.1) is 5.92 Å². The summed E-state index contributed by atoms with van der Waals surface area (Å²) < 4.78 is 11.2. The molecule has 2 aromatic carbocycles. The van der Waals surface area contributed by atoms with Gasteiger partial charge in [0.2, 0.25) is 11.8 Å². The van der Waals surface area contributed by atoms with E-state index < -0.39 is 0 Å². The highest BCUT2D eigenvalue weighted by Crippen LogP contribution is 2.29. The van der Waals surface area contributed by atoms with E-state index in [1.165, 1.54) is 6.08 Å². The summed E-state index contributed by atoms with van der Waals surface area (Å²) >= 11 is 0. The van der Waals surface area contributed by atoms with Crippen LogP contribution in [-0.2, 0) is 16.1 Å². The Balaban J connectivity index is 1.60. The Morgan fingerprint density at radius 3 is 2.76 bits per heavy atom. The molecule has 2 amide bonds. The summed E-state index contributed by atoms with van der Waals surface area (Å²) in [6.45, 7) is 6.24. The Morgan fingerprint density at radius 1 is 1.21 bits per heavy atom. The van der Waals surface area contributed by atoms with E-state index in [9.17, 15) is 9.59 Å². The zero-order valence-corrected chi connectivity index (χ0v) is 19.5. The first-order chi connectivity index (χ1) is 15.9. The molecule has 7 nitrogen and oxygen atoms in total. The Morgan fingerprint density at radius 2 is 2.03 bits per heavy atom. The van der Waals surface area contributed by atoms with Crippen molar-refractivity contribution in [1.29, 1.82) is 0 Å². The van der Waals surface area contributed by atoms with Crippen molar-refractivity contribution in [3.05, 3.63) is 59.7 Å². The molecule has 33 heavy (non-hydrogen) atoms. The highest BCUT2D eigenvalue weighted by atomic mass is 16.5. The number of benzene rings is 2. The number of amides is 2. The molecule has 0 saturated carbocycles. The second-order valence-corrected chi connectivity index (χ2v) is 8.67. The average molecular weight is 452 g/mol. The van der Waals surface area contributed by atoms with Crippen LogP contribution in [0.5, 0.6) is 11.5 Å². The van der Waals surface area contributed by atoms with E-state index in [0.717, 1.165) is 30.5 Å². The van der Waals surface area contributed by atoms with Crippen LogP contribution in [0.4, 0.5) is 5.69 Å². The minimum atomic E-state index is -0.279. The molecule has 3 N–H and O–H groups in total. The Labute approximate surface area is 195 Å². The van der Waals surface area contributed by atoms with E-state index in [0.29, 0.717) is 36.3 Å². The number of carbonyl (C=O) groups excluding carboxylic acids is 2. The van der Waals surface area contributed by atoms with Gasteiger partial charge in [0.25, 0.3) is 0 Å². The van der Waals surface area contributed by atoms with Crippen LogP contribution in [0.2, 0.25) is 0 Å². The SMILES string of the molecule is COc1cc(/C=C/C(=O)Nc2cccc(CN3CCCC3C(N)=O)c2)ccc1OCC(C)C. The van der Waals surface area contributed by atoms with Crippen molar-refractivity contribution in [2.75, 3.05) is 25.6 Å². The largest absolute Gasteiger partial charge is 0.493 e. The van der Waals surface area contributed by atoms with Gasteiger partial charge < -0.3 is 20.5 Å². The molecule has 0 spiro atoms. The molecular weight excluding hydrogens is 418 g/mol. The highest BCUT2D eigenvalue weighted by molar-refractivity contribution is 6.02. The molecule has 1 heterocycles. The summed E-state index contributed by atoms with van der Waals surface area (Å²) in [5.41, 5.74) is 8.07. The fourth-order valence-electron chi connectivity index (χ4n) is 3.84. The lowest BCUT2D eigenvalue weighted by atomic mass is 10.1. The Kier molecular flexibility index (Phi) is 8.49. The molecule has 7 heteroatoms. The summed E-state index contributed by atoms with van der Waals surface area (Å²) in [5.74, 6) is 1.21. The normalized spacial score (nSPS) is 16.3. The standard InChI is InChI=1S/C26H33N3O4/c1-18(2)17-33-23-11-9-19(15-24(23)32-3)10-12-25(30)28-21-7-4-6-20(14-21)16-29-13-5-8-22(29)26(27)31/h4,6-7,9-12,14-15,18,22H,5,8,13,16-17H2,1-3H3,(H2,27,31)(H,28,30)/b12-10+. The number of primary amides is 1. The number of rotatable bonds is 10. The highest BCUT2D eigenvalue weighted by Gasteiger charge is 2.28. The van der Waals surface area contributed by atoms with Crippen LogP contribution in [-0.4, -0.2) is 43.0 Å². The maximum atomic E-state index is 12.5. The number of hydrogen-bond acceptors (Lipinski definition) is 5. The van der Waals surface area contributed by atoms with Crippen molar-refractivity contribution < 1.29 is 19.1 Å². The Hall–Kier alpha value is -3.32. The lowest BCUT2D eigenvalue weighted by Gasteiger charge is -2.22. The summed E-state index contributed by atoms with van der Waals surface area (Å²) in [7, 11) is 1.60. The Bertz CT molecular complexity index is 1000. The smallest absolute Gasteiger partial charge is 0.248 e. The van der Waals surface area contributed by atoms with Gasteiger partial charge >= 0.3 is 0 Å². The van der Waals surface area contributed by atoms with Gasteiger partial charge in [-0.1, -0.05) is 32.0 Å². The van der Waals surface area contributed by atoms with E-state index in [1.807, 2.05) is 42.5 Å². The van der Waals surface area contributed by atoms with Crippen molar-refractivity contribution in [2.45, 2.75) is 39.3 Å². The molecule has 3 rings (SSSR count). The lowest BCUT2D eigenvalue weighted by molar-refractivity contribution is -0.122. The van der Waals surface area contributed by atoms with Crippen LogP contribution < -0.4 is 20.5 Å². The second kappa shape index (κ2) is 11.5. The number of nitrogens with two attached hydrogens (primary N) is 1. The van der Waals surface area contributed by atoms with Crippen LogP contribution in [0.1, 0.15) is 37.8 Å². The molecule has 176 valence electrons. The third kappa shape index (κ3) is 7.08. The van der Waals surface area contributed by atoms with E-state index in [2.05, 4.69) is 24.1 Å². The van der Waals surface area contributed by atoms with E-state index in [1.54, 1.807) is 13.2 Å². The predicted octanol–water partition coefficient (Wildman–Crippen LogP) is 3.83. The number of likely N-dealkylation sites (tertiary alicyclic amines) is 1.